The van der Waals surface area contributed by atoms with Gasteiger partial charge < -0.3 is 25.0 Å². The van der Waals surface area contributed by atoms with Crippen LogP contribution in [0.25, 0.3) is 0 Å². The molecule has 230 valence electrons. The fourth-order valence-corrected chi connectivity index (χ4v) is 5.36. The zero-order chi connectivity index (χ0) is 31.5. The van der Waals surface area contributed by atoms with E-state index in [9.17, 15) is 19.2 Å². The van der Waals surface area contributed by atoms with Gasteiger partial charge in [0.2, 0.25) is 17.7 Å². The maximum atomic E-state index is 13.3. The van der Waals surface area contributed by atoms with Gasteiger partial charge in [0.05, 0.1) is 6.42 Å². The minimum Gasteiger partial charge on any atom is -0.457 e. The number of benzene rings is 2. The van der Waals surface area contributed by atoms with Crippen LogP contribution in [0.5, 0.6) is 11.5 Å². The van der Waals surface area contributed by atoms with Crippen molar-refractivity contribution in [1.29, 1.82) is 0 Å². The van der Waals surface area contributed by atoms with E-state index < -0.39 is 23.8 Å². The van der Waals surface area contributed by atoms with Crippen LogP contribution in [-0.2, 0) is 25.5 Å². The molecule has 2 fully saturated rings. The lowest BCUT2D eigenvalue weighted by molar-refractivity contribution is -0.137. The van der Waals surface area contributed by atoms with E-state index in [-0.39, 0.29) is 36.1 Å². The Labute approximate surface area is 256 Å². The van der Waals surface area contributed by atoms with E-state index in [0.717, 1.165) is 6.42 Å². The highest BCUT2D eigenvalue weighted by Gasteiger charge is 2.63. The molecule has 3 aromatic rings. The van der Waals surface area contributed by atoms with Gasteiger partial charge in [0.1, 0.15) is 35.5 Å². The van der Waals surface area contributed by atoms with Crippen molar-refractivity contribution >= 4 is 35.3 Å². The first-order valence-corrected chi connectivity index (χ1v) is 14.6. The van der Waals surface area contributed by atoms with Crippen molar-refractivity contribution in [1.82, 2.24) is 15.2 Å². The first-order chi connectivity index (χ1) is 20.9. The van der Waals surface area contributed by atoms with Crippen molar-refractivity contribution in [3.63, 3.8) is 0 Å². The molecule has 1 aromatic heterocycles. The van der Waals surface area contributed by atoms with E-state index in [2.05, 4.69) is 27.9 Å². The molecule has 3 atom stereocenters. The van der Waals surface area contributed by atoms with Crippen molar-refractivity contribution in [2.75, 3.05) is 10.6 Å². The zero-order valence-electron chi connectivity index (χ0n) is 25.3. The molecule has 11 nitrogen and oxygen atoms in total. The number of amides is 4. The summed E-state index contributed by atoms with van der Waals surface area (Å²) in [5.74, 6) is 0.599. The second kappa shape index (κ2) is 12.4. The molecule has 0 radical (unpaired) electrons. The molecule has 11 heteroatoms. The topological polar surface area (TPSA) is 139 Å². The van der Waals surface area contributed by atoms with E-state index >= 15 is 0 Å². The lowest BCUT2D eigenvalue weighted by Crippen LogP contribution is -2.50. The summed E-state index contributed by atoms with van der Waals surface area (Å²) in [6.07, 6.45) is 1.56. The molecule has 5 rings (SSSR count). The number of likely N-dealkylation sites (tertiary alicyclic amines) is 1. The van der Waals surface area contributed by atoms with Gasteiger partial charge in [0.15, 0.2) is 0 Å². The lowest BCUT2D eigenvalue weighted by Gasteiger charge is -2.28. The Kier molecular flexibility index (Phi) is 8.57. The second-order valence-corrected chi connectivity index (χ2v) is 12.5. The molecule has 1 saturated carbocycles. The van der Waals surface area contributed by atoms with Crippen molar-refractivity contribution in [2.45, 2.75) is 71.2 Å². The van der Waals surface area contributed by atoms with Gasteiger partial charge in [-0.3, -0.25) is 19.7 Å². The molecular weight excluding hydrogens is 562 g/mol. The Morgan fingerprint density at radius 1 is 0.909 bits per heavy atom. The molecule has 0 unspecified atom stereocenters. The monoisotopic (exact) mass is 599 g/mol. The minimum absolute atomic E-state index is 0.0117. The van der Waals surface area contributed by atoms with Gasteiger partial charge in [0.25, 0.3) is 0 Å². The summed E-state index contributed by atoms with van der Waals surface area (Å²) in [6.45, 7) is 7.39. The molecule has 44 heavy (non-hydrogen) atoms. The highest BCUT2D eigenvalue weighted by atomic mass is 16.6. The van der Waals surface area contributed by atoms with Crippen LogP contribution in [0.3, 0.4) is 0 Å². The number of aromatic nitrogens is 1. The molecule has 2 aliphatic rings. The number of para-hydroxylation sites is 1. The quantitative estimate of drug-likeness (QED) is 0.286. The maximum absolute atomic E-state index is 13.3. The number of anilines is 2. The highest BCUT2D eigenvalue weighted by Crippen LogP contribution is 2.58. The predicted octanol–water partition coefficient (Wildman–Crippen LogP) is 5.25. The van der Waals surface area contributed by atoms with Gasteiger partial charge in [-0.1, -0.05) is 31.2 Å². The summed E-state index contributed by atoms with van der Waals surface area (Å²) >= 11 is 0. The third kappa shape index (κ3) is 7.91. The third-order valence-electron chi connectivity index (χ3n) is 7.50. The van der Waals surface area contributed by atoms with E-state index in [1.807, 2.05) is 30.3 Å². The Hall–Kier alpha value is -4.93. The number of nitrogens with one attached hydrogen (secondary N) is 3. The molecule has 2 aromatic carbocycles. The SMILES string of the molecule is CC(C)(C)OC(=O)Nc1ccc(CC(=O)N[C@@H]2C[C@]3(C)C[C@@H]3N2C(=O)CC(=O)Nc2ccc(Oc3ccccc3)cc2)cn1. The van der Waals surface area contributed by atoms with Crippen molar-refractivity contribution in [3.8, 4) is 11.5 Å². The number of fused-ring (bicyclic) bond motifs is 1. The first kappa shape index (κ1) is 30.5. The molecule has 4 amide bonds. The second-order valence-electron chi connectivity index (χ2n) is 12.5. The summed E-state index contributed by atoms with van der Waals surface area (Å²) in [5, 5.41) is 8.30. The summed E-state index contributed by atoms with van der Waals surface area (Å²) < 4.78 is 11.0. The fourth-order valence-electron chi connectivity index (χ4n) is 5.36. The first-order valence-electron chi connectivity index (χ1n) is 14.6. The third-order valence-corrected chi connectivity index (χ3v) is 7.50. The molecule has 0 spiro atoms. The van der Waals surface area contributed by atoms with Gasteiger partial charge in [-0.05, 0) is 87.1 Å². The molecule has 1 aliphatic heterocycles. The summed E-state index contributed by atoms with van der Waals surface area (Å²) in [5.41, 5.74) is 0.481. The Balaban J connectivity index is 1.12. The summed E-state index contributed by atoms with van der Waals surface area (Å²) in [4.78, 5) is 56.8. The number of ether oxygens (including phenoxy) is 2. The zero-order valence-corrected chi connectivity index (χ0v) is 25.3. The van der Waals surface area contributed by atoms with Crippen molar-refractivity contribution in [2.24, 2.45) is 5.41 Å². The van der Waals surface area contributed by atoms with Gasteiger partial charge in [0, 0.05) is 17.9 Å². The molecule has 1 saturated heterocycles. The largest absolute Gasteiger partial charge is 0.457 e. The van der Waals surface area contributed by atoms with E-state index in [1.54, 1.807) is 62.1 Å². The van der Waals surface area contributed by atoms with E-state index in [0.29, 0.717) is 35.0 Å². The number of piperidine rings is 1. The standard InChI is InChI=1S/C33H37N5O6/c1-32(2,3)44-31(42)36-26-15-10-21(20-34-26)16-28(39)37-27-19-33(4)18-25(33)38(27)30(41)17-29(40)35-22-11-13-24(14-12-22)43-23-8-6-5-7-9-23/h5-15,20,25,27H,16-19H2,1-4H3,(H,35,40)(H,37,39)(H,34,36,42)/t25-,27-,33-/m0/s1. The Bertz CT molecular complexity index is 1520. The number of rotatable bonds is 9. The normalized spacial score (nSPS) is 20.2. The Morgan fingerprint density at radius 3 is 2.27 bits per heavy atom. The van der Waals surface area contributed by atoms with Crippen LogP contribution >= 0.6 is 0 Å². The number of carbonyl (C=O) groups excluding carboxylic acids is 4. The smallest absolute Gasteiger partial charge is 0.413 e. The van der Waals surface area contributed by atoms with E-state index in [4.69, 9.17) is 9.47 Å². The highest BCUT2D eigenvalue weighted by molar-refractivity contribution is 6.04. The lowest BCUT2D eigenvalue weighted by atomic mass is 10.1. The van der Waals surface area contributed by atoms with Crippen LogP contribution in [-0.4, -0.2) is 51.5 Å². The fraction of sp³-hybridized carbons (Fsp3) is 0.364. The number of pyridine rings is 1. The number of carbonyl (C=O) groups is 4. The summed E-state index contributed by atoms with van der Waals surface area (Å²) in [6, 6.07) is 19.6. The van der Waals surface area contributed by atoms with Crippen LogP contribution in [0.2, 0.25) is 0 Å². The van der Waals surface area contributed by atoms with Gasteiger partial charge >= 0.3 is 6.09 Å². The molecular formula is C33H37N5O6. The van der Waals surface area contributed by atoms with E-state index in [1.165, 1.54) is 6.20 Å². The molecule has 2 heterocycles. The molecule has 1 aliphatic carbocycles. The van der Waals surface area contributed by atoms with Gasteiger partial charge in [-0.25, -0.2) is 9.78 Å². The number of nitrogens with zero attached hydrogens (tertiary/aromatic N) is 2. The average molecular weight is 600 g/mol. The van der Waals surface area contributed by atoms with Crippen LogP contribution in [0.15, 0.2) is 72.9 Å². The molecule has 3 N–H and O–H groups in total. The van der Waals surface area contributed by atoms with Gasteiger partial charge in [-0.15, -0.1) is 0 Å². The van der Waals surface area contributed by atoms with Crippen LogP contribution in [0.4, 0.5) is 16.3 Å². The predicted molar refractivity (Wildman–Crippen MR) is 164 cm³/mol. The molecule has 0 bridgehead atoms. The number of hydrogen-bond donors (Lipinski definition) is 3. The maximum Gasteiger partial charge on any atom is 0.413 e. The van der Waals surface area contributed by atoms with Crippen LogP contribution in [0, 0.1) is 5.41 Å². The van der Waals surface area contributed by atoms with Gasteiger partial charge in [-0.2, -0.15) is 0 Å². The van der Waals surface area contributed by atoms with Crippen molar-refractivity contribution in [3.05, 3.63) is 78.5 Å². The minimum atomic E-state index is -0.635. The number of hydrogen-bond acceptors (Lipinski definition) is 7. The van der Waals surface area contributed by atoms with Crippen LogP contribution < -0.4 is 20.7 Å². The van der Waals surface area contributed by atoms with Crippen LogP contribution in [0.1, 0.15) is 52.5 Å². The summed E-state index contributed by atoms with van der Waals surface area (Å²) in [7, 11) is 0. The Morgan fingerprint density at radius 2 is 1.61 bits per heavy atom. The average Bonchev–Trinajstić information content (AvgIpc) is 3.50. The van der Waals surface area contributed by atoms with Crippen molar-refractivity contribution < 1.29 is 28.7 Å².